The molecule has 0 saturated carbocycles. The lowest BCUT2D eigenvalue weighted by atomic mass is 10.1. The molecular weight excluding hydrogens is 456 g/mol. The number of morpholine rings is 1. The number of halogens is 1. The number of amides is 2. The number of ether oxygens (including phenoxy) is 1. The lowest BCUT2D eigenvalue weighted by Gasteiger charge is -2.34. The van der Waals surface area contributed by atoms with Gasteiger partial charge in [-0.25, -0.2) is 4.98 Å². The van der Waals surface area contributed by atoms with E-state index in [2.05, 4.69) is 25.5 Å². The van der Waals surface area contributed by atoms with Crippen LogP contribution in [-0.2, 0) is 16.1 Å². The zero-order valence-corrected chi connectivity index (χ0v) is 19.5. The number of carbonyl (C=O) groups excluding carboxylic acids is 2. The SMILES string of the molecule is O=C1CC[C@@H](Cn2cc(C(=O)NCC(c3cccnc3)N3CCOCC3)c3c(Cl)ccnc32)N1. The highest BCUT2D eigenvalue weighted by Gasteiger charge is 2.26. The van der Waals surface area contributed by atoms with Gasteiger partial charge in [-0.3, -0.25) is 19.5 Å². The molecular formula is C24H27ClN6O3. The fourth-order valence-corrected chi connectivity index (χ4v) is 4.99. The highest BCUT2D eigenvalue weighted by atomic mass is 35.5. The summed E-state index contributed by atoms with van der Waals surface area (Å²) in [6.07, 6.45) is 8.28. The average Bonchev–Trinajstić information content (AvgIpc) is 3.45. The monoisotopic (exact) mass is 482 g/mol. The molecule has 10 heteroatoms. The number of aromatic nitrogens is 3. The van der Waals surface area contributed by atoms with Gasteiger partial charge in [0.1, 0.15) is 5.65 Å². The van der Waals surface area contributed by atoms with Crippen molar-refractivity contribution in [3.05, 3.63) is 59.1 Å². The van der Waals surface area contributed by atoms with Crippen LogP contribution in [0.2, 0.25) is 5.02 Å². The molecule has 2 saturated heterocycles. The van der Waals surface area contributed by atoms with Gasteiger partial charge in [0.25, 0.3) is 5.91 Å². The summed E-state index contributed by atoms with van der Waals surface area (Å²) in [5.41, 5.74) is 2.16. The molecule has 2 fully saturated rings. The lowest BCUT2D eigenvalue weighted by molar-refractivity contribution is -0.119. The predicted molar refractivity (Wildman–Crippen MR) is 128 cm³/mol. The molecule has 0 spiro atoms. The van der Waals surface area contributed by atoms with Gasteiger partial charge in [0.15, 0.2) is 0 Å². The summed E-state index contributed by atoms with van der Waals surface area (Å²) >= 11 is 6.51. The molecule has 2 amide bonds. The van der Waals surface area contributed by atoms with Crippen molar-refractivity contribution in [1.82, 2.24) is 30.1 Å². The van der Waals surface area contributed by atoms with Gasteiger partial charge in [-0.1, -0.05) is 17.7 Å². The Hall–Kier alpha value is -3.01. The fraction of sp³-hybridized carbons (Fsp3) is 0.417. The van der Waals surface area contributed by atoms with E-state index in [1.54, 1.807) is 24.7 Å². The van der Waals surface area contributed by atoms with Crippen LogP contribution in [0, 0.1) is 0 Å². The first-order valence-corrected chi connectivity index (χ1v) is 11.9. The summed E-state index contributed by atoms with van der Waals surface area (Å²) < 4.78 is 7.42. The first-order valence-electron chi connectivity index (χ1n) is 11.5. The molecule has 2 N–H and O–H groups in total. The minimum atomic E-state index is -0.212. The van der Waals surface area contributed by atoms with E-state index in [1.165, 1.54) is 0 Å². The van der Waals surface area contributed by atoms with E-state index in [4.69, 9.17) is 16.3 Å². The molecule has 1 unspecified atom stereocenters. The van der Waals surface area contributed by atoms with Crippen LogP contribution in [0.3, 0.4) is 0 Å². The molecule has 2 atom stereocenters. The van der Waals surface area contributed by atoms with Crippen LogP contribution in [0.5, 0.6) is 0 Å². The van der Waals surface area contributed by atoms with Crippen molar-refractivity contribution in [2.75, 3.05) is 32.8 Å². The van der Waals surface area contributed by atoms with Crippen LogP contribution in [0.4, 0.5) is 0 Å². The van der Waals surface area contributed by atoms with E-state index in [0.717, 1.165) is 25.1 Å². The summed E-state index contributed by atoms with van der Waals surface area (Å²) in [5, 5.41) is 7.18. The van der Waals surface area contributed by atoms with Gasteiger partial charge in [0, 0.05) is 63.4 Å². The zero-order valence-electron chi connectivity index (χ0n) is 18.7. The number of hydrogen-bond acceptors (Lipinski definition) is 6. The van der Waals surface area contributed by atoms with Crippen LogP contribution in [-0.4, -0.2) is 70.1 Å². The molecule has 0 aliphatic carbocycles. The minimum absolute atomic E-state index is 0.0103. The Balaban J connectivity index is 1.38. The molecule has 2 aliphatic heterocycles. The topological polar surface area (TPSA) is 101 Å². The van der Waals surface area contributed by atoms with Crippen molar-refractivity contribution in [3.63, 3.8) is 0 Å². The van der Waals surface area contributed by atoms with E-state index in [0.29, 0.717) is 54.3 Å². The Morgan fingerprint density at radius 2 is 2.15 bits per heavy atom. The molecule has 0 aromatic carbocycles. The van der Waals surface area contributed by atoms with Crippen molar-refractivity contribution in [1.29, 1.82) is 0 Å². The number of nitrogens with zero attached hydrogens (tertiary/aromatic N) is 4. The van der Waals surface area contributed by atoms with Gasteiger partial charge < -0.3 is 19.9 Å². The Kier molecular flexibility index (Phi) is 6.75. The normalized spacial score (nSPS) is 19.8. The number of pyridine rings is 2. The lowest BCUT2D eigenvalue weighted by Crippen LogP contribution is -2.43. The van der Waals surface area contributed by atoms with Gasteiger partial charge in [-0.05, 0) is 24.1 Å². The van der Waals surface area contributed by atoms with Gasteiger partial charge >= 0.3 is 0 Å². The Morgan fingerprint density at radius 1 is 1.29 bits per heavy atom. The molecule has 3 aromatic rings. The van der Waals surface area contributed by atoms with Crippen molar-refractivity contribution in [2.24, 2.45) is 0 Å². The molecule has 9 nitrogen and oxygen atoms in total. The highest BCUT2D eigenvalue weighted by molar-refractivity contribution is 6.36. The van der Waals surface area contributed by atoms with Gasteiger partial charge in [0.2, 0.25) is 5.91 Å². The smallest absolute Gasteiger partial charge is 0.253 e. The maximum atomic E-state index is 13.4. The number of carbonyl (C=O) groups is 2. The van der Waals surface area contributed by atoms with Crippen LogP contribution < -0.4 is 10.6 Å². The second-order valence-electron chi connectivity index (χ2n) is 8.65. The third kappa shape index (κ3) is 4.77. The first kappa shape index (κ1) is 22.8. The van der Waals surface area contributed by atoms with E-state index >= 15 is 0 Å². The maximum absolute atomic E-state index is 13.4. The van der Waals surface area contributed by atoms with Crippen molar-refractivity contribution in [2.45, 2.75) is 31.5 Å². The van der Waals surface area contributed by atoms with Crippen LogP contribution >= 0.6 is 11.6 Å². The van der Waals surface area contributed by atoms with Crippen molar-refractivity contribution >= 4 is 34.4 Å². The molecule has 178 valence electrons. The fourth-order valence-electron chi connectivity index (χ4n) is 4.74. The van der Waals surface area contributed by atoms with Gasteiger partial charge in [-0.2, -0.15) is 0 Å². The maximum Gasteiger partial charge on any atom is 0.253 e. The largest absolute Gasteiger partial charge is 0.379 e. The first-order chi connectivity index (χ1) is 16.6. The quantitative estimate of drug-likeness (QED) is 0.535. The molecule has 3 aromatic heterocycles. The number of rotatable bonds is 7. The summed E-state index contributed by atoms with van der Waals surface area (Å²) in [5.74, 6) is -0.161. The molecule has 5 rings (SSSR count). The third-order valence-electron chi connectivity index (χ3n) is 6.46. The second-order valence-corrected chi connectivity index (χ2v) is 9.06. The Bertz CT molecular complexity index is 1180. The average molecular weight is 483 g/mol. The third-order valence-corrected chi connectivity index (χ3v) is 6.78. The molecule has 5 heterocycles. The van der Waals surface area contributed by atoms with Crippen LogP contribution in [0.25, 0.3) is 11.0 Å². The Labute approximate surface area is 202 Å². The molecule has 0 radical (unpaired) electrons. The number of fused-ring (bicyclic) bond motifs is 1. The summed E-state index contributed by atoms with van der Waals surface area (Å²) in [7, 11) is 0. The van der Waals surface area contributed by atoms with E-state index in [9.17, 15) is 9.59 Å². The number of hydrogen-bond donors (Lipinski definition) is 2. The van der Waals surface area contributed by atoms with Crippen LogP contribution in [0.1, 0.15) is 34.8 Å². The predicted octanol–water partition coefficient (Wildman–Crippen LogP) is 2.17. The Morgan fingerprint density at radius 3 is 2.88 bits per heavy atom. The highest BCUT2D eigenvalue weighted by Crippen LogP contribution is 2.28. The molecule has 2 aliphatic rings. The van der Waals surface area contributed by atoms with E-state index in [-0.39, 0.29) is 23.9 Å². The molecule has 34 heavy (non-hydrogen) atoms. The standard InChI is InChI=1S/C24H27ClN6O3/c25-19-5-7-27-23-22(19)18(15-31(23)14-17-3-4-21(32)29-17)24(33)28-13-20(16-2-1-6-26-12-16)30-8-10-34-11-9-30/h1-2,5-7,12,15,17,20H,3-4,8-11,13-14H2,(H,28,33)(H,29,32)/t17-,20?/m0/s1. The molecule has 0 bridgehead atoms. The minimum Gasteiger partial charge on any atom is -0.379 e. The second kappa shape index (κ2) is 10.1. The van der Waals surface area contributed by atoms with E-state index in [1.807, 2.05) is 22.9 Å². The van der Waals surface area contributed by atoms with Gasteiger partial charge in [0.05, 0.1) is 35.2 Å². The van der Waals surface area contributed by atoms with Crippen molar-refractivity contribution < 1.29 is 14.3 Å². The van der Waals surface area contributed by atoms with Gasteiger partial charge in [-0.15, -0.1) is 0 Å². The summed E-state index contributed by atoms with van der Waals surface area (Å²) in [6, 6.07) is 5.62. The summed E-state index contributed by atoms with van der Waals surface area (Å²) in [6.45, 7) is 3.87. The zero-order chi connectivity index (χ0) is 23.5. The summed E-state index contributed by atoms with van der Waals surface area (Å²) in [4.78, 5) is 36.1. The van der Waals surface area contributed by atoms with Crippen LogP contribution in [0.15, 0.2) is 43.0 Å². The number of nitrogens with one attached hydrogen (secondary N) is 2. The van der Waals surface area contributed by atoms with E-state index < -0.39 is 0 Å². The van der Waals surface area contributed by atoms with Crippen molar-refractivity contribution in [3.8, 4) is 0 Å².